The Labute approximate surface area is 147 Å². The third-order valence-electron chi connectivity index (χ3n) is 4.52. The summed E-state index contributed by atoms with van der Waals surface area (Å²) < 4.78 is 23.6. The van der Waals surface area contributed by atoms with Gasteiger partial charge in [0.1, 0.15) is 12.1 Å². The van der Waals surface area contributed by atoms with E-state index < -0.39 is 9.84 Å². The first-order chi connectivity index (χ1) is 12.0. The largest absolute Gasteiger partial charge is 0.365 e. The molecular weight excluding hydrogens is 334 g/mol. The van der Waals surface area contributed by atoms with Gasteiger partial charge < -0.3 is 5.32 Å². The van der Waals surface area contributed by atoms with Crippen LogP contribution in [-0.2, 0) is 16.4 Å². The van der Waals surface area contributed by atoms with Gasteiger partial charge in [-0.05, 0) is 48.1 Å². The van der Waals surface area contributed by atoms with Crippen LogP contribution in [-0.4, -0.2) is 24.6 Å². The first-order valence-electron chi connectivity index (χ1n) is 8.28. The fourth-order valence-electron chi connectivity index (χ4n) is 2.92. The van der Waals surface area contributed by atoms with Gasteiger partial charge >= 0.3 is 0 Å². The number of hydrogen-bond acceptors (Lipinski definition) is 5. The molecule has 1 heterocycles. The Balaban J connectivity index is 1.59. The maximum absolute atomic E-state index is 11.8. The van der Waals surface area contributed by atoms with Crippen LogP contribution in [0.1, 0.15) is 29.9 Å². The second-order valence-electron chi connectivity index (χ2n) is 6.54. The molecule has 0 amide bonds. The van der Waals surface area contributed by atoms with Crippen molar-refractivity contribution in [1.82, 2.24) is 9.97 Å². The Kier molecular flexibility index (Phi) is 3.92. The van der Waals surface area contributed by atoms with E-state index >= 15 is 0 Å². The second-order valence-corrected chi connectivity index (χ2v) is 8.56. The van der Waals surface area contributed by atoms with E-state index in [0.717, 1.165) is 11.5 Å². The maximum Gasteiger partial charge on any atom is 0.175 e. The normalized spacial score (nSPS) is 14.6. The fourth-order valence-corrected chi connectivity index (χ4v) is 3.56. The van der Waals surface area contributed by atoms with E-state index in [1.165, 1.54) is 31.0 Å². The van der Waals surface area contributed by atoms with Crippen LogP contribution in [0, 0.1) is 0 Å². The number of nitrogens with zero attached hydrogens (tertiary/aromatic N) is 2. The van der Waals surface area contributed by atoms with Crippen molar-refractivity contribution < 1.29 is 8.42 Å². The third kappa shape index (κ3) is 3.49. The zero-order chi connectivity index (χ0) is 17.4. The summed E-state index contributed by atoms with van der Waals surface area (Å²) in [5.41, 5.74) is 3.29. The lowest BCUT2D eigenvalue weighted by Crippen LogP contribution is -2.04. The molecule has 5 nitrogen and oxygen atoms in total. The van der Waals surface area contributed by atoms with Crippen LogP contribution >= 0.6 is 0 Å². The summed E-state index contributed by atoms with van der Waals surface area (Å²) in [5, 5.41) is 4.01. The van der Waals surface area contributed by atoms with Crippen molar-refractivity contribution in [1.29, 1.82) is 0 Å². The molecule has 1 aromatic heterocycles. The van der Waals surface area contributed by atoms with E-state index in [4.69, 9.17) is 0 Å². The van der Waals surface area contributed by atoms with E-state index in [2.05, 4.69) is 39.6 Å². The van der Waals surface area contributed by atoms with Crippen molar-refractivity contribution >= 4 is 26.6 Å². The molecule has 2 aromatic carbocycles. The summed E-state index contributed by atoms with van der Waals surface area (Å²) in [7, 11) is -3.27. The molecule has 25 heavy (non-hydrogen) atoms. The van der Waals surface area contributed by atoms with Gasteiger partial charge in [-0.2, -0.15) is 0 Å². The molecule has 1 fully saturated rings. The van der Waals surface area contributed by atoms with E-state index in [9.17, 15) is 8.42 Å². The van der Waals surface area contributed by atoms with Crippen molar-refractivity contribution in [2.45, 2.75) is 30.2 Å². The summed E-state index contributed by atoms with van der Waals surface area (Å²) in [4.78, 5) is 8.77. The maximum atomic E-state index is 11.8. The van der Waals surface area contributed by atoms with Gasteiger partial charge in [-0.3, -0.25) is 0 Å². The Morgan fingerprint density at radius 2 is 1.84 bits per heavy atom. The summed E-state index contributed by atoms with van der Waals surface area (Å²) in [6.45, 7) is 0.625. The van der Waals surface area contributed by atoms with E-state index in [-0.39, 0.29) is 4.90 Å². The van der Waals surface area contributed by atoms with Gasteiger partial charge in [-0.1, -0.05) is 24.3 Å². The third-order valence-corrected chi connectivity index (χ3v) is 5.63. The number of rotatable bonds is 5. The molecule has 0 radical (unpaired) electrons. The van der Waals surface area contributed by atoms with Gasteiger partial charge in [0.2, 0.25) is 0 Å². The molecule has 3 aromatic rings. The highest BCUT2D eigenvalue weighted by molar-refractivity contribution is 7.90. The van der Waals surface area contributed by atoms with Crippen molar-refractivity contribution in [3.63, 3.8) is 0 Å². The lowest BCUT2D eigenvalue weighted by molar-refractivity contribution is 0.602. The highest BCUT2D eigenvalue weighted by atomic mass is 32.2. The predicted molar refractivity (Wildman–Crippen MR) is 98.4 cm³/mol. The Hall–Kier alpha value is -2.47. The molecule has 4 rings (SSSR count). The van der Waals surface area contributed by atoms with E-state index in [0.29, 0.717) is 23.3 Å². The molecule has 0 unspecified atom stereocenters. The SMILES string of the molecule is CS(=O)(=O)c1ccc2ncnc(NCc3ccc(C4CC4)cc3)c2c1. The van der Waals surface area contributed by atoms with Crippen LogP contribution in [0.2, 0.25) is 0 Å². The number of aromatic nitrogens is 2. The number of sulfone groups is 1. The molecule has 0 aliphatic heterocycles. The molecule has 1 aliphatic rings. The molecule has 0 bridgehead atoms. The first kappa shape index (κ1) is 16.0. The number of fused-ring (bicyclic) bond motifs is 1. The Bertz CT molecular complexity index is 1030. The van der Waals surface area contributed by atoms with Gasteiger partial charge in [0.25, 0.3) is 0 Å². The summed E-state index contributed by atoms with van der Waals surface area (Å²) in [6, 6.07) is 13.6. The number of benzene rings is 2. The van der Waals surface area contributed by atoms with E-state index in [1.807, 2.05) is 0 Å². The summed E-state index contributed by atoms with van der Waals surface area (Å²) >= 11 is 0. The predicted octanol–water partition coefficient (Wildman–Crippen LogP) is 3.52. The minimum Gasteiger partial charge on any atom is -0.365 e. The van der Waals surface area contributed by atoms with Gasteiger partial charge in [0, 0.05) is 18.2 Å². The standard InChI is InChI=1S/C19H19N3O2S/c1-25(23,24)16-8-9-18-17(10-16)19(22-12-21-18)20-11-13-2-4-14(5-3-13)15-6-7-15/h2-5,8-10,12,15H,6-7,11H2,1H3,(H,20,21,22). The van der Waals surface area contributed by atoms with Crippen LogP contribution in [0.4, 0.5) is 5.82 Å². The smallest absolute Gasteiger partial charge is 0.175 e. The van der Waals surface area contributed by atoms with Crippen molar-refractivity contribution in [2.75, 3.05) is 11.6 Å². The summed E-state index contributed by atoms with van der Waals surface area (Å²) in [6.07, 6.45) is 5.29. The van der Waals surface area contributed by atoms with Gasteiger partial charge in [-0.25, -0.2) is 18.4 Å². The highest BCUT2D eigenvalue weighted by Gasteiger charge is 2.22. The average Bonchev–Trinajstić information content (AvgIpc) is 3.44. The van der Waals surface area contributed by atoms with Crippen molar-refractivity contribution in [2.24, 2.45) is 0 Å². The van der Waals surface area contributed by atoms with E-state index in [1.54, 1.807) is 18.2 Å². The fraction of sp³-hybridized carbons (Fsp3) is 0.263. The van der Waals surface area contributed by atoms with Crippen LogP contribution in [0.25, 0.3) is 10.9 Å². The van der Waals surface area contributed by atoms with Crippen molar-refractivity contribution in [3.8, 4) is 0 Å². The minimum atomic E-state index is -3.27. The monoisotopic (exact) mass is 353 g/mol. The number of nitrogens with one attached hydrogen (secondary N) is 1. The Morgan fingerprint density at radius 3 is 2.52 bits per heavy atom. The molecular formula is C19H19N3O2S. The van der Waals surface area contributed by atoms with Crippen LogP contribution in [0.15, 0.2) is 53.7 Å². The van der Waals surface area contributed by atoms with Crippen LogP contribution in [0.5, 0.6) is 0 Å². The zero-order valence-corrected chi connectivity index (χ0v) is 14.8. The highest BCUT2D eigenvalue weighted by Crippen LogP contribution is 2.39. The molecule has 0 atom stereocenters. The minimum absolute atomic E-state index is 0.270. The van der Waals surface area contributed by atoms with Gasteiger partial charge in [-0.15, -0.1) is 0 Å². The lowest BCUT2D eigenvalue weighted by atomic mass is 10.1. The lowest BCUT2D eigenvalue weighted by Gasteiger charge is -2.10. The second kappa shape index (κ2) is 6.11. The van der Waals surface area contributed by atoms with Crippen LogP contribution < -0.4 is 5.32 Å². The molecule has 0 saturated heterocycles. The molecule has 128 valence electrons. The summed E-state index contributed by atoms with van der Waals surface area (Å²) in [5.74, 6) is 1.39. The van der Waals surface area contributed by atoms with Crippen molar-refractivity contribution in [3.05, 3.63) is 59.9 Å². The van der Waals surface area contributed by atoms with Gasteiger partial charge in [0.15, 0.2) is 9.84 Å². The Morgan fingerprint density at radius 1 is 1.08 bits per heavy atom. The number of anilines is 1. The molecule has 6 heteroatoms. The molecule has 1 aliphatic carbocycles. The topological polar surface area (TPSA) is 72.0 Å². The average molecular weight is 353 g/mol. The molecule has 1 saturated carbocycles. The molecule has 0 spiro atoms. The van der Waals surface area contributed by atoms with Crippen LogP contribution in [0.3, 0.4) is 0 Å². The van der Waals surface area contributed by atoms with Gasteiger partial charge in [0.05, 0.1) is 10.4 Å². The first-order valence-corrected chi connectivity index (χ1v) is 10.2. The number of hydrogen-bond donors (Lipinski definition) is 1. The zero-order valence-electron chi connectivity index (χ0n) is 13.9. The quantitative estimate of drug-likeness (QED) is 0.760. The molecule has 1 N–H and O–H groups in total.